The fraction of sp³-hybridized carbons (Fsp3) is 0.500. The quantitative estimate of drug-likeness (QED) is 0.740. The molecule has 0 spiro atoms. The molecule has 13 heavy (non-hydrogen) atoms. The van der Waals surface area contributed by atoms with E-state index in [1.807, 2.05) is 12.1 Å². The lowest BCUT2D eigenvalue weighted by Gasteiger charge is -2.30. The van der Waals surface area contributed by atoms with Crippen LogP contribution in [0.1, 0.15) is 30.9 Å². The van der Waals surface area contributed by atoms with Crippen LogP contribution in [0, 0.1) is 5.92 Å². The van der Waals surface area contributed by atoms with Gasteiger partial charge in [0.2, 0.25) is 0 Å². The van der Waals surface area contributed by atoms with Gasteiger partial charge in [-0.05, 0) is 24.8 Å². The molecule has 0 amide bonds. The maximum atomic E-state index is 9.90. The minimum Gasteiger partial charge on any atom is -0.388 e. The first-order valence-corrected chi connectivity index (χ1v) is 4.95. The van der Waals surface area contributed by atoms with Crippen LogP contribution in [0.4, 0.5) is 0 Å². The van der Waals surface area contributed by atoms with Crippen molar-refractivity contribution in [2.45, 2.75) is 25.4 Å². The van der Waals surface area contributed by atoms with Gasteiger partial charge in [-0.1, -0.05) is 24.1 Å². The molecule has 1 aliphatic carbocycles. The monoisotopic (exact) mass is 197 g/mol. The molecule has 0 aliphatic heterocycles. The number of rotatable bonds is 2. The average molecular weight is 198 g/mol. The highest BCUT2D eigenvalue weighted by molar-refractivity contribution is 6.30. The maximum Gasteiger partial charge on any atom is 0.134 e. The molecule has 2 rings (SSSR count). The van der Waals surface area contributed by atoms with E-state index in [0.29, 0.717) is 11.1 Å². The molecule has 3 heteroatoms. The molecule has 0 aromatic carbocycles. The molecule has 0 bridgehead atoms. The smallest absolute Gasteiger partial charge is 0.134 e. The third-order valence-electron chi connectivity index (χ3n) is 2.70. The number of aliphatic hydroxyl groups excluding tert-OH is 1. The number of halogens is 1. The molecule has 1 heterocycles. The molecule has 0 radical (unpaired) electrons. The van der Waals surface area contributed by atoms with Gasteiger partial charge in [0.25, 0.3) is 0 Å². The Labute approximate surface area is 82.6 Å². The van der Waals surface area contributed by atoms with Crippen LogP contribution in [-0.2, 0) is 0 Å². The van der Waals surface area contributed by atoms with E-state index in [-0.39, 0.29) is 0 Å². The molecule has 1 fully saturated rings. The molecule has 0 unspecified atom stereocenters. The molecular formula is C10H12ClNO. The Morgan fingerprint density at radius 1 is 1.54 bits per heavy atom. The predicted octanol–water partition coefficient (Wildman–Crippen LogP) is 2.57. The Balaban J connectivity index is 2.18. The number of aliphatic hydroxyl groups is 1. The minimum atomic E-state index is -0.421. The van der Waals surface area contributed by atoms with Crippen LogP contribution in [-0.4, -0.2) is 10.1 Å². The molecule has 1 saturated carbocycles. The summed E-state index contributed by atoms with van der Waals surface area (Å²) in [5.41, 5.74) is 0.772. The van der Waals surface area contributed by atoms with Gasteiger partial charge in [-0.15, -0.1) is 0 Å². The van der Waals surface area contributed by atoms with Gasteiger partial charge < -0.3 is 5.11 Å². The molecule has 1 aromatic rings. The first-order chi connectivity index (χ1) is 6.29. The van der Waals surface area contributed by atoms with Crippen LogP contribution in [0.3, 0.4) is 0 Å². The zero-order valence-corrected chi connectivity index (χ0v) is 8.04. The lowest BCUT2D eigenvalue weighted by molar-refractivity contribution is 0.0619. The van der Waals surface area contributed by atoms with Crippen molar-refractivity contribution in [3.05, 3.63) is 29.0 Å². The van der Waals surface area contributed by atoms with Crippen LogP contribution >= 0.6 is 11.6 Å². The van der Waals surface area contributed by atoms with Crippen LogP contribution in [0.25, 0.3) is 0 Å². The molecular weight excluding hydrogens is 186 g/mol. The Morgan fingerprint density at radius 2 is 2.31 bits per heavy atom. The third kappa shape index (κ3) is 1.69. The molecule has 1 aromatic heterocycles. The van der Waals surface area contributed by atoms with Crippen molar-refractivity contribution in [1.29, 1.82) is 0 Å². The maximum absolute atomic E-state index is 9.90. The summed E-state index contributed by atoms with van der Waals surface area (Å²) in [7, 11) is 0. The topological polar surface area (TPSA) is 33.1 Å². The standard InChI is InChI=1S/C10H12ClNO/c11-10-8(5-2-6-12-10)9(13)7-3-1-4-7/h2,5-7,9,13H,1,3-4H2/t9-/m1/s1. The van der Waals surface area contributed by atoms with Gasteiger partial charge in [-0.25, -0.2) is 4.98 Å². The number of hydrogen-bond donors (Lipinski definition) is 1. The Morgan fingerprint density at radius 3 is 2.85 bits per heavy atom. The van der Waals surface area contributed by atoms with E-state index in [0.717, 1.165) is 18.4 Å². The normalized spacial score (nSPS) is 19.5. The summed E-state index contributed by atoms with van der Waals surface area (Å²) in [6.07, 6.45) is 4.65. The van der Waals surface area contributed by atoms with Gasteiger partial charge in [0.15, 0.2) is 0 Å². The second kappa shape index (κ2) is 3.64. The summed E-state index contributed by atoms with van der Waals surface area (Å²) in [5.74, 6) is 0.390. The number of pyridine rings is 1. The average Bonchev–Trinajstić information content (AvgIpc) is 2.01. The fourth-order valence-corrected chi connectivity index (χ4v) is 1.86. The van der Waals surface area contributed by atoms with E-state index in [9.17, 15) is 5.11 Å². The van der Waals surface area contributed by atoms with E-state index >= 15 is 0 Å². The third-order valence-corrected chi connectivity index (χ3v) is 3.02. The van der Waals surface area contributed by atoms with Crippen molar-refractivity contribution in [3.63, 3.8) is 0 Å². The zero-order valence-electron chi connectivity index (χ0n) is 7.28. The van der Waals surface area contributed by atoms with Crippen LogP contribution < -0.4 is 0 Å². The van der Waals surface area contributed by atoms with E-state index < -0.39 is 6.10 Å². The number of hydrogen-bond acceptors (Lipinski definition) is 2. The van der Waals surface area contributed by atoms with Crippen molar-refractivity contribution in [1.82, 2.24) is 4.98 Å². The van der Waals surface area contributed by atoms with Crippen LogP contribution in [0.5, 0.6) is 0 Å². The van der Waals surface area contributed by atoms with E-state index in [2.05, 4.69) is 4.98 Å². The molecule has 70 valence electrons. The van der Waals surface area contributed by atoms with Crippen molar-refractivity contribution in [2.24, 2.45) is 5.92 Å². The first-order valence-electron chi connectivity index (χ1n) is 4.57. The fourth-order valence-electron chi connectivity index (χ4n) is 1.63. The van der Waals surface area contributed by atoms with Crippen molar-refractivity contribution in [3.8, 4) is 0 Å². The van der Waals surface area contributed by atoms with E-state index in [1.54, 1.807) is 6.20 Å². The number of aromatic nitrogens is 1. The Kier molecular flexibility index (Phi) is 2.51. The molecule has 1 aliphatic rings. The summed E-state index contributed by atoms with van der Waals surface area (Å²) in [6.45, 7) is 0. The summed E-state index contributed by atoms with van der Waals surface area (Å²) < 4.78 is 0. The van der Waals surface area contributed by atoms with Gasteiger partial charge >= 0.3 is 0 Å². The Hall–Kier alpha value is -0.600. The second-order valence-electron chi connectivity index (χ2n) is 3.52. The molecule has 1 N–H and O–H groups in total. The summed E-state index contributed by atoms with van der Waals surface area (Å²) in [5, 5.41) is 10.3. The summed E-state index contributed by atoms with van der Waals surface area (Å²) in [6, 6.07) is 3.65. The number of nitrogens with zero attached hydrogens (tertiary/aromatic N) is 1. The van der Waals surface area contributed by atoms with Gasteiger partial charge in [-0.2, -0.15) is 0 Å². The highest BCUT2D eigenvalue weighted by Crippen LogP contribution is 2.38. The highest BCUT2D eigenvalue weighted by Gasteiger charge is 2.28. The predicted molar refractivity (Wildman–Crippen MR) is 51.5 cm³/mol. The van der Waals surface area contributed by atoms with Crippen molar-refractivity contribution < 1.29 is 5.11 Å². The zero-order chi connectivity index (χ0) is 9.26. The lowest BCUT2D eigenvalue weighted by atomic mass is 9.79. The lowest BCUT2D eigenvalue weighted by Crippen LogP contribution is -2.20. The van der Waals surface area contributed by atoms with Crippen LogP contribution in [0.15, 0.2) is 18.3 Å². The molecule has 1 atom stereocenters. The van der Waals surface area contributed by atoms with Gasteiger partial charge in [0, 0.05) is 11.8 Å². The summed E-state index contributed by atoms with van der Waals surface area (Å²) in [4.78, 5) is 3.95. The SMILES string of the molecule is O[C@@H](c1cccnc1Cl)C1CCC1. The van der Waals surface area contributed by atoms with Crippen molar-refractivity contribution >= 4 is 11.6 Å². The van der Waals surface area contributed by atoms with E-state index in [1.165, 1.54) is 6.42 Å². The van der Waals surface area contributed by atoms with Gasteiger partial charge in [0.1, 0.15) is 5.15 Å². The summed E-state index contributed by atoms with van der Waals surface area (Å²) >= 11 is 5.87. The van der Waals surface area contributed by atoms with Crippen LogP contribution in [0.2, 0.25) is 5.15 Å². The van der Waals surface area contributed by atoms with E-state index in [4.69, 9.17) is 11.6 Å². The molecule has 0 saturated heterocycles. The molecule has 2 nitrogen and oxygen atoms in total. The Bertz CT molecular complexity index is 299. The first kappa shape index (κ1) is 8.97. The van der Waals surface area contributed by atoms with Gasteiger partial charge in [0.05, 0.1) is 6.10 Å². The second-order valence-corrected chi connectivity index (χ2v) is 3.88. The largest absolute Gasteiger partial charge is 0.388 e. The van der Waals surface area contributed by atoms with Gasteiger partial charge in [-0.3, -0.25) is 0 Å². The minimum absolute atomic E-state index is 0.390. The highest BCUT2D eigenvalue weighted by atomic mass is 35.5. The van der Waals surface area contributed by atoms with Crippen molar-refractivity contribution in [2.75, 3.05) is 0 Å².